The molecule has 0 spiro atoms. The summed E-state index contributed by atoms with van der Waals surface area (Å²) in [6.45, 7) is 1.72. The lowest BCUT2D eigenvalue weighted by Crippen LogP contribution is -2.38. The average molecular weight is 251 g/mol. The van der Waals surface area contributed by atoms with Gasteiger partial charge < -0.3 is 4.57 Å². The highest BCUT2D eigenvalue weighted by Crippen LogP contribution is 2.10. The van der Waals surface area contributed by atoms with E-state index in [0.29, 0.717) is 16.4 Å². The maximum atomic E-state index is 12.0. The molecule has 0 fully saturated rings. The predicted octanol–water partition coefficient (Wildman–Crippen LogP) is 1.50. The Morgan fingerprint density at radius 1 is 1.12 bits per heavy atom. The van der Waals surface area contributed by atoms with Crippen LogP contribution < -0.4 is 11.2 Å². The van der Waals surface area contributed by atoms with Crippen molar-refractivity contribution < 1.29 is 0 Å². The molecule has 0 atom stereocenters. The van der Waals surface area contributed by atoms with Crippen LogP contribution >= 0.6 is 11.6 Å². The minimum Gasteiger partial charge on any atom is -0.301 e. The Morgan fingerprint density at radius 2 is 1.71 bits per heavy atom. The molecule has 17 heavy (non-hydrogen) atoms. The first-order valence-corrected chi connectivity index (χ1v) is 5.44. The van der Waals surface area contributed by atoms with Crippen LogP contribution in [-0.4, -0.2) is 9.13 Å². The Bertz CT molecular complexity index is 668. The highest BCUT2D eigenvalue weighted by Gasteiger charge is 2.07. The van der Waals surface area contributed by atoms with Gasteiger partial charge in [0.05, 0.1) is 5.69 Å². The Hall–Kier alpha value is -1.81. The molecule has 88 valence electrons. The SMILES string of the molecule is Cc1cc(=O)n(-c2ccc(Cl)cc2)c(=O)n1C. The van der Waals surface area contributed by atoms with E-state index in [-0.39, 0.29) is 11.2 Å². The number of hydrogen-bond acceptors (Lipinski definition) is 2. The van der Waals surface area contributed by atoms with Gasteiger partial charge in [0.25, 0.3) is 5.56 Å². The first-order chi connectivity index (χ1) is 8.00. The van der Waals surface area contributed by atoms with E-state index >= 15 is 0 Å². The Kier molecular flexibility index (Phi) is 2.90. The maximum Gasteiger partial charge on any atom is 0.335 e. The molecule has 2 rings (SSSR count). The lowest BCUT2D eigenvalue weighted by molar-refractivity contribution is 0.713. The van der Waals surface area contributed by atoms with Gasteiger partial charge in [-0.2, -0.15) is 0 Å². The fourth-order valence-electron chi connectivity index (χ4n) is 1.56. The van der Waals surface area contributed by atoms with Crippen molar-refractivity contribution in [3.8, 4) is 5.69 Å². The van der Waals surface area contributed by atoms with Crippen LogP contribution in [0.4, 0.5) is 0 Å². The molecular formula is C12H11ClN2O2. The van der Waals surface area contributed by atoms with Crippen LogP contribution in [0.5, 0.6) is 0 Å². The summed E-state index contributed by atoms with van der Waals surface area (Å²) in [5.41, 5.74) is 0.440. The van der Waals surface area contributed by atoms with Gasteiger partial charge >= 0.3 is 5.69 Å². The van der Waals surface area contributed by atoms with Gasteiger partial charge in [-0.15, -0.1) is 0 Å². The summed E-state index contributed by atoms with van der Waals surface area (Å²) < 4.78 is 2.54. The zero-order valence-electron chi connectivity index (χ0n) is 9.48. The largest absolute Gasteiger partial charge is 0.335 e. The zero-order valence-corrected chi connectivity index (χ0v) is 10.2. The van der Waals surface area contributed by atoms with Crippen LogP contribution in [0.25, 0.3) is 5.69 Å². The van der Waals surface area contributed by atoms with Gasteiger partial charge in [-0.05, 0) is 31.2 Å². The number of halogens is 1. The molecule has 0 radical (unpaired) electrons. The second kappa shape index (κ2) is 4.22. The lowest BCUT2D eigenvalue weighted by Gasteiger charge is -2.08. The minimum absolute atomic E-state index is 0.340. The molecule has 0 unspecified atom stereocenters. The van der Waals surface area contributed by atoms with Gasteiger partial charge in [0.2, 0.25) is 0 Å². The topological polar surface area (TPSA) is 44.0 Å². The molecule has 4 nitrogen and oxygen atoms in total. The van der Waals surface area contributed by atoms with Crippen molar-refractivity contribution in [2.45, 2.75) is 6.92 Å². The molecule has 0 N–H and O–H groups in total. The second-order valence-corrected chi connectivity index (χ2v) is 4.21. The minimum atomic E-state index is -0.364. The summed E-state index contributed by atoms with van der Waals surface area (Å²) in [7, 11) is 1.63. The van der Waals surface area contributed by atoms with E-state index in [1.807, 2.05) is 0 Å². The molecule has 0 aliphatic heterocycles. The average Bonchev–Trinajstić information content (AvgIpc) is 2.29. The molecule has 5 heteroatoms. The summed E-state index contributed by atoms with van der Waals surface area (Å²) in [5, 5.41) is 0.561. The molecule has 1 aromatic heterocycles. The van der Waals surface area contributed by atoms with Crippen molar-refractivity contribution in [3.05, 3.63) is 61.9 Å². The maximum absolute atomic E-state index is 12.0. The van der Waals surface area contributed by atoms with E-state index in [0.717, 1.165) is 4.57 Å². The Labute approximate surface area is 103 Å². The summed E-state index contributed by atoms with van der Waals surface area (Å²) in [5.74, 6) is 0. The highest BCUT2D eigenvalue weighted by atomic mass is 35.5. The third-order valence-corrected chi connectivity index (χ3v) is 2.90. The molecule has 0 aliphatic carbocycles. The molecule has 2 aromatic rings. The van der Waals surface area contributed by atoms with Gasteiger partial charge in [0.15, 0.2) is 0 Å². The van der Waals surface area contributed by atoms with E-state index < -0.39 is 0 Å². The lowest BCUT2D eigenvalue weighted by atomic mass is 10.3. The summed E-state index contributed by atoms with van der Waals surface area (Å²) in [6, 6.07) is 7.99. The monoisotopic (exact) mass is 250 g/mol. The van der Waals surface area contributed by atoms with Crippen LogP contribution in [0.3, 0.4) is 0 Å². The first-order valence-electron chi connectivity index (χ1n) is 5.06. The quantitative estimate of drug-likeness (QED) is 0.770. The van der Waals surface area contributed by atoms with E-state index in [4.69, 9.17) is 11.6 Å². The van der Waals surface area contributed by atoms with Crippen LogP contribution in [0.2, 0.25) is 5.02 Å². The van der Waals surface area contributed by atoms with Crippen molar-refractivity contribution in [3.63, 3.8) is 0 Å². The summed E-state index contributed by atoms with van der Waals surface area (Å²) >= 11 is 5.76. The molecule has 1 heterocycles. The molecule has 0 amide bonds. The first kappa shape index (κ1) is 11.7. The molecule has 1 aromatic carbocycles. The zero-order chi connectivity index (χ0) is 12.6. The third-order valence-electron chi connectivity index (χ3n) is 2.64. The van der Waals surface area contributed by atoms with Gasteiger partial charge in [-0.25, -0.2) is 9.36 Å². The van der Waals surface area contributed by atoms with Gasteiger partial charge in [0.1, 0.15) is 0 Å². The highest BCUT2D eigenvalue weighted by molar-refractivity contribution is 6.30. The number of rotatable bonds is 1. The van der Waals surface area contributed by atoms with Crippen molar-refractivity contribution in [1.82, 2.24) is 9.13 Å². The van der Waals surface area contributed by atoms with E-state index in [2.05, 4.69) is 0 Å². The van der Waals surface area contributed by atoms with Crippen LogP contribution in [-0.2, 0) is 7.05 Å². The second-order valence-electron chi connectivity index (χ2n) is 3.78. The summed E-state index contributed by atoms with van der Waals surface area (Å²) in [6.07, 6.45) is 0. The number of benzene rings is 1. The van der Waals surface area contributed by atoms with Crippen molar-refractivity contribution in [1.29, 1.82) is 0 Å². The van der Waals surface area contributed by atoms with Crippen molar-refractivity contribution in [2.24, 2.45) is 7.05 Å². The van der Waals surface area contributed by atoms with Crippen LogP contribution in [0.1, 0.15) is 5.69 Å². The molecular weight excluding hydrogens is 240 g/mol. The normalized spacial score (nSPS) is 10.5. The van der Waals surface area contributed by atoms with E-state index in [9.17, 15) is 9.59 Å². The number of nitrogens with zero attached hydrogens (tertiary/aromatic N) is 2. The third kappa shape index (κ3) is 2.03. The Balaban J connectivity index is 2.77. The number of hydrogen-bond donors (Lipinski definition) is 0. The van der Waals surface area contributed by atoms with Crippen LogP contribution in [0, 0.1) is 6.92 Å². The van der Waals surface area contributed by atoms with Gasteiger partial charge in [-0.1, -0.05) is 11.6 Å². The fourth-order valence-corrected chi connectivity index (χ4v) is 1.69. The van der Waals surface area contributed by atoms with Crippen LogP contribution in [0.15, 0.2) is 39.9 Å². The van der Waals surface area contributed by atoms with Gasteiger partial charge in [0, 0.05) is 23.8 Å². The number of aryl methyl sites for hydroxylation is 1. The predicted molar refractivity (Wildman–Crippen MR) is 67.0 cm³/mol. The Morgan fingerprint density at radius 3 is 2.29 bits per heavy atom. The van der Waals surface area contributed by atoms with Crippen molar-refractivity contribution in [2.75, 3.05) is 0 Å². The molecule has 0 bridgehead atoms. The molecule has 0 aliphatic rings. The fraction of sp³-hybridized carbons (Fsp3) is 0.167. The standard InChI is InChI=1S/C12H11ClN2O2/c1-8-7-11(16)15(12(17)14(8)2)10-5-3-9(13)4-6-10/h3-7H,1-2H3. The van der Waals surface area contributed by atoms with Gasteiger partial charge in [-0.3, -0.25) is 4.79 Å². The molecule has 0 saturated heterocycles. The van der Waals surface area contributed by atoms with Crippen molar-refractivity contribution >= 4 is 11.6 Å². The summed E-state index contributed by atoms with van der Waals surface area (Å²) in [4.78, 5) is 23.8. The smallest absolute Gasteiger partial charge is 0.301 e. The number of aromatic nitrogens is 2. The van der Waals surface area contributed by atoms with E-state index in [1.54, 1.807) is 38.2 Å². The molecule has 0 saturated carbocycles. The van der Waals surface area contributed by atoms with E-state index in [1.165, 1.54) is 10.6 Å².